The van der Waals surface area contributed by atoms with E-state index >= 15 is 0 Å². The minimum absolute atomic E-state index is 0.204. The van der Waals surface area contributed by atoms with Crippen LogP contribution in [-0.2, 0) is 0 Å². The third-order valence-corrected chi connectivity index (χ3v) is 3.71. The van der Waals surface area contributed by atoms with Crippen molar-refractivity contribution in [3.63, 3.8) is 0 Å². The van der Waals surface area contributed by atoms with E-state index in [2.05, 4.69) is 4.37 Å². The Morgan fingerprint density at radius 2 is 2.14 bits per heavy atom. The Balaban J connectivity index is 2.11. The Morgan fingerprint density at radius 1 is 1.43 bits per heavy atom. The van der Waals surface area contributed by atoms with E-state index in [1.807, 2.05) is 0 Å². The molecule has 3 nitrogen and oxygen atoms in total. The standard InChI is InChI=1S/C10H13NO2S/c12-10(13)8-6-9(14-11-8)7-4-2-1-3-5-7/h6-7H,1-5H2,(H,12,13). The largest absolute Gasteiger partial charge is 0.476 e. The molecule has 0 bridgehead atoms. The third-order valence-electron chi connectivity index (χ3n) is 2.76. The second-order valence-corrected chi connectivity index (χ2v) is 4.59. The van der Waals surface area contributed by atoms with Crippen molar-refractivity contribution in [2.24, 2.45) is 0 Å². The summed E-state index contributed by atoms with van der Waals surface area (Å²) in [5, 5.41) is 8.74. The van der Waals surface area contributed by atoms with Crippen molar-refractivity contribution in [1.29, 1.82) is 0 Å². The lowest BCUT2D eigenvalue weighted by Crippen LogP contribution is -2.02. The molecule has 2 rings (SSSR count). The van der Waals surface area contributed by atoms with Gasteiger partial charge < -0.3 is 5.11 Å². The molecule has 0 radical (unpaired) electrons. The van der Waals surface area contributed by atoms with Crippen molar-refractivity contribution >= 4 is 17.5 Å². The maximum Gasteiger partial charge on any atom is 0.355 e. The van der Waals surface area contributed by atoms with E-state index in [1.165, 1.54) is 43.6 Å². The van der Waals surface area contributed by atoms with Crippen molar-refractivity contribution in [3.05, 3.63) is 16.6 Å². The zero-order chi connectivity index (χ0) is 9.97. The molecule has 0 unspecified atom stereocenters. The number of hydrogen-bond donors (Lipinski definition) is 1. The highest BCUT2D eigenvalue weighted by atomic mass is 32.1. The molecule has 76 valence electrons. The summed E-state index contributed by atoms with van der Waals surface area (Å²) in [5.41, 5.74) is 0.204. The molecule has 0 aliphatic heterocycles. The predicted molar refractivity (Wildman–Crippen MR) is 54.9 cm³/mol. The summed E-state index contributed by atoms with van der Waals surface area (Å²) in [5.74, 6) is -0.349. The Morgan fingerprint density at radius 3 is 2.71 bits per heavy atom. The Hall–Kier alpha value is -0.900. The van der Waals surface area contributed by atoms with Gasteiger partial charge in [-0.05, 0) is 36.4 Å². The van der Waals surface area contributed by atoms with Crippen molar-refractivity contribution in [3.8, 4) is 0 Å². The zero-order valence-electron chi connectivity index (χ0n) is 7.90. The summed E-state index contributed by atoms with van der Waals surface area (Å²) in [6, 6.07) is 1.74. The predicted octanol–water partition coefficient (Wildman–Crippen LogP) is 2.89. The van der Waals surface area contributed by atoms with Crippen LogP contribution in [0.25, 0.3) is 0 Å². The number of carboxylic acids is 1. The van der Waals surface area contributed by atoms with Gasteiger partial charge in [-0.25, -0.2) is 4.79 Å². The first-order valence-corrected chi connectivity index (χ1v) is 5.74. The van der Waals surface area contributed by atoms with Crippen LogP contribution in [-0.4, -0.2) is 15.4 Å². The second-order valence-electron chi connectivity index (χ2n) is 3.75. The maximum absolute atomic E-state index is 10.6. The van der Waals surface area contributed by atoms with Gasteiger partial charge in [0.2, 0.25) is 0 Å². The van der Waals surface area contributed by atoms with Gasteiger partial charge in [-0.2, -0.15) is 4.37 Å². The Bertz CT molecular complexity index is 329. The van der Waals surface area contributed by atoms with Crippen LogP contribution in [0.2, 0.25) is 0 Å². The molecular formula is C10H13NO2S. The first-order valence-electron chi connectivity index (χ1n) is 4.97. The molecule has 0 aromatic carbocycles. The van der Waals surface area contributed by atoms with Crippen LogP contribution in [0.1, 0.15) is 53.4 Å². The van der Waals surface area contributed by atoms with E-state index in [0.717, 1.165) is 4.88 Å². The van der Waals surface area contributed by atoms with Gasteiger partial charge in [0.1, 0.15) is 0 Å². The molecule has 4 heteroatoms. The number of aromatic nitrogens is 1. The minimum atomic E-state index is -0.914. The van der Waals surface area contributed by atoms with Gasteiger partial charge in [-0.15, -0.1) is 0 Å². The van der Waals surface area contributed by atoms with Crippen LogP contribution in [0.3, 0.4) is 0 Å². The van der Waals surface area contributed by atoms with Crippen LogP contribution in [0, 0.1) is 0 Å². The molecule has 1 aromatic rings. The van der Waals surface area contributed by atoms with Crippen molar-refractivity contribution in [2.75, 3.05) is 0 Å². The Kier molecular flexibility index (Phi) is 2.82. The summed E-state index contributed by atoms with van der Waals surface area (Å²) >= 11 is 1.35. The molecule has 0 saturated heterocycles. The van der Waals surface area contributed by atoms with Gasteiger partial charge >= 0.3 is 5.97 Å². The molecular weight excluding hydrogens is 198 g/mol. The fourth-order valence-corrected chi connectivity index (χ4v) is 2.85. The number of hydrogen-bond acceptors (Lipinski definition) is 3. The molecule has 1 saturated carbocycles. The fourth-order valence-electron chi connectivity index (χ4n) is 1.97. The lowest BCUT2D eigenvalue weighted by Gasteiger charge is -2.19. The lowest BCUT2D eigenvalue weighted by molar-refractivity contribution is 0.0692. The molecule has 1 aliphatic carbocycles. The topological polar surface area (TPSA) is 50.2 Å². The van der Waals surface area contributed by atoms with E-state index in [0.29, 0.717) is 5.92 Å². The first kappa shape index (κ1) is 9.65. The van der Waals surface area contributed by atoms with Crippen LogP contribution >= 0.6 is 11.5 Å². The maximum atomic E-state index is 10.6. The van der Waals surface area contributed by atoms with Crippen LogP contribution < -0.4 is 0 Å². The van der Waals surface area contributed by atoms with Gasteiger partial charge in [0.25, 0.3) is 0 Å². The van der Waals surface area contributed by atoms with Gasteiger partial charge in [-0.1, -0.05) is 19.3 Å². The number of nitrogens with zero attached hydrogens (tertiary/aromatic N) is 1. The number of aromatic carboxylic acids is 1. The smallest absolute Gasteiger partial charge is 0.355 e. The Labute approximate surface area is 86.9 Å². The van der Waals surface area contributed by atoms with Gasteiger partial charge in [0, 0.05) is 4.88 Å². The quantitative estimate of drug-likeness (QED) is 0.818. The minimum Gasteiger partial charge on any atom is -0.476 e. The van der Waals surface area contributed by atoms with Crippen LogP contribution in [0.15, 0.2) is 6.07 Å². The zero-order valence-corrected chi connectivity index (χ0v) is 8.72. The average molecular weight is 211 g/mol. The monoisotopic (exact) mass is 211 g/mol. The molecule has 14 heavy (non-hydrogen) atoms. The number of carbonyl (C=O) groups is 1. The van der Waals surface area contributed by atoms with E-state index in [1.54, 1.807) is 6.07 Å². The van der Waals surface area contributed by atoms with Gasteiger partial charge in [-0.3, -0.25) is 0 Å². The molecule has 1 fully saturated rings. The van der Waals surface area contributed by atoms with E-state index < -0.39 is 5.97 Å². The molecule has 0 spiro atoms. The van der Waals surface area contributed by atoms with Crippen molar-refractivity contribution in [2.45, 2.75) is 38.0 Å². The molecule has 1 heterocycles. The highest BCUT2D eigenvalue weighted by Crippen LogP contribution is 2.34. The number of rotatable bonds is 2. The van der Waals surface area contributed by atoms with Gasteiger partial charge in [0.15, 0.2) is 5.69 Å². The highest BCUT2D eigenvalue weighted by molar-refractivity contribution is 7.06. The van der Waals surface area contributed by atoms with Crippen LogP contribution in [0.4, 0.5) is 0 Å². The highest BCUT2D eigenvalue weighted by Gasteiger charge is 2.19. The van der Waals surface area contributed by atoms with Crippen molar-refractivity contribution < 1.29 is 9.90 Å². The van der Waals surface area contributed by atoms with Crippen molar-refractivity contribution in [1.82, 2.24) is 4.37 Å². The summed E-state index contributed by atoms with van der Waals surface area (Å²) in [7, 11) is 0. The summed E-state index contributed by atoms with van der Waals surface area (Å²) < 4.78 is 3.93. The molecule has 0 atom stereocenters. The number of carboxylic acid groups (broad SMARTS) is 1. The SMILES string of the molecule is O=C(O)c1cc(C2CCCCC2)sn1. The molecule has 1 N–H and O–H groups in total. The lowest BCUT2D eigenvalue weighted by atomic mass is 9.88. The molecule has 0 amide bonds. The summed E-state index contributed by atoms with van der Waals surface area (Å²) in [6.45, 7) is 0. The second kappa shape index (κ2) is 4.09. The van der Waals surface area contributed by atoms with Gasteiger partial charge in [0.05, 0.1) is 0 Å². The van der Waals surface area contributed by atoms with Crippen LogP contribution in [0.5, 0.6) is 0 Å². The fraction of sp³-hybridized carbons (Fsp3) is 0.600. The molecule has 1 aromatic heterocycles. The summed E-state index contributed by atoms with van der Waals surface area (Å²) in [6.07, 6.45) is 6.25. The summed E-state index contributed by atoms with van der Waals surface area (Å²) in [4.78, 5) is 11.8. The normalized spacial score (nSPS) is 18.3. The first-order chi connectivity index (χ1) is 6.77. The third kappa shape index (κ3) is 1.95. The van der Waals surface area contributed by atoms with E-state index in [4.69, 9.17) is 5.11 Å². The van der Waals surface area contributed by atoms with E-state index in [-0.39, 0.29) is 5.69 Å². The molecule has 1 aliphatic rings. The van der Waals surface area contributed by atoms with E-state index in [9.17, 15) is 4.79 Å². The average Bonchev–Trinajstić information content (AvgIpc) is 2.68.